The van der Waals surface area contributed by atoms with Gasteiger partial charge in [-0.15, -0.1) is 0 Å². The first-order chi connectivity index (χ1) is 14.1. The molecule has 0 aliphatic rings. The summed E-state index contributed by atoms with van der Waals surface area (Å²) in [6.45, 7) is 1.44. The topological polar surface area (TPSA) is 86.9 Å². The fraction of sp³-hybridized carbons (Fsp3) is 0.0455. The van der Waals surface area contributed by atoms with Gasteiger partial charge < -0.3 is 15.6 Å². The van der Waals surface area contributed by atoms with E-state index < -0.39 is 0 Å². The number of imidazole rings is 1. The van der Waals surface area contributed by atoms with Gasteiger partial charge in [0.25, 0.3) is 5.91 Å². The number of nitrogens with one attached hydrogen (secondary N) is 3. The molecule has 6 nitrogen and oxygen atoms in total. The molecule has 4 aromatic rings. The van der Waals surface area contributed by atoms with E-state index in [2.05, 4.69) is 20.6 Å². The number of benzene rings is 3. The standard InChI is InChI=1S/C22H18N4O2S/c1-14(27)23-16-8-6-15(7-9-16)21(28)24-17-10-12-18(13-11-17)29-22-25-19-4-2-3-5-20(19)26-22/h2-13H,1H3,(H,23,27)(H,24,28)(H,25,26). The van der Waals surface area contributed by atoms with E-state index in [1.54, 1.807) is 24.3 Å². The first-order valence-electron chi connectivity index (χ1n) is 8.98. The van der Waals surface area contributed by atoms with Crippen molar-refractivity contribution in [2.75, 3.05) is 10.6 Å². The molecule has 4 rings (SSSR count). The van der Waals surface area contributed by atoms with E-state index >= 15 is 0 Å². The third-order valence-corrected chi connectivity index (χ3v) is 5.06. The summed E-state index contributed by atoms with van der Waals surface area (Å²) in [6.07, 6.45) is 0. The van der Waals surface area contributed by atoms with Crippen LogP contribution in [0.3, 0.4) is 0 Å². The summed E-state index contributed by atoms with van der Waals surface area (Å²) in [7, 11) is 0. The predicted octanol–water partition coefficient (Wildman–Crippen LogP) is 4.92. The molecule has 0 bridgehead atoms. The van der Waals surface area contributed by atoms with Crippen LogP contribution in [0.5, 0.6) is 0 Å². The Morgan fingerprint density at radius 1 is 0.862 bits per heavy atom. The first-order valence-corrected chi connectivity index (χ1v) is 9.80. The van der Waals surface area contributed by atoms with Crippen LogP contribution in [0.4, 0.5) is 11.4 Å². The number of aromatic nitrogens is 2. The van der Waals surface area contributed by atoms with Crippen LogP contribution in [0.15, 0.2) is 82.8 Å². The molecule has 0 saturated carbocycles. The number of aromatic amines is 1. The van der Waals surface area contributed by atoms with Gasteiger partial charge in [-0.25, -0.2) is 4.98 Å². The third kappa shape index (κ3) is 4.64. The van der Waals surface area contributed by atoms with Gasteiger partial charge in [0.2, 0.25) is 5.91 Å². The largest absolute Gasteiger partial charge is 0.333 e. The van der Waals surface area contributed by atoms with Gasteiger partial charge in [-0.1, -0.05) is 23.9 Å². The summed E-state index contributed by atoms with van der Waals surface area (Å²) >= 11 is 1.53. The SMILES string of the molecule is CC(=O)Nc1ccc(C(=O)Nc2ccc(Sc3nc4ccccc4[nH]3)cc2)cc1. The van der Waals surface area contributed by atoms with E-state index in [4.69, 9.17) is 0 Å². The number of carbonyl (C=O) groups excluding carboxylic acids is 2. The lowest BCUT2D eigenvalue weighted by Gasteiger charge is -2.07. The van der Waals surface area contributed by atoms with Crippen molar-refractivity contribution >= 4 is 46.0 Å². The zero-order valence-corrected chi connectivity index (χ0v) is 16.4. The summed E-state index contributed by atoms with van der Waals surface area (Å²) in [4.78, 5) is 32.3. The van der Waals surface area contributed by atoms with Crippen molar-refractivity contribution in [3.8, 4) is 0 Å². The number of carbonyl (C=O) groups is 2. The lowest BCUT2D eigenvalue weighted by molar-refractivity contribution is -0.114. The van der Waals surface area contributed by atoms with Crippen molar-refractivity contribution in [1.82, 2.24) is 9.97 Å². The van der Waals surface area contributed by atoms with Crippen molar-refractivity contribution in [1.29, 1.82) is 0 Å². The molecule has 0 unspecified atom stereocenters. The highest BCUT2D eigenvalue weighted by molar-refractivity contribution is 7.99. The Bertz CT molecular complexity index is 1130. The lowest BCUT2D eigenvalue weighted by Crippen LogP contribution is -2.12. The van der Waals surface area contributed by atoms with E-state index in [1.807, 2.05) is 48.5 Å². The van der Waals surface area contributed by atoms with Crippen LogP contribution in [-0.2, 0) is 4.79 Å². The van der Waals surface area contributed by atoms with Gasteiger partial charge in [0.05, 0.1) is 11.0 Å². The van der Waals surface area contributed by atoms with Crippen LogP contribution < -0.4 is 10.6 Å². The Kier molecular flexibility index (Phi) is 5.31. The summed E-state index contributed by atoms with van der Waals surface area (Å²) in [5.74, 6) is -0.361. The summed E-state index contributed by atoms with van der Waals surface area (Å²) in [6, 6.07) is 22.2. The van der Waals surface area contributed by atoms with Crippen molar-refractivity contribution in [2.45, 2.75) is 17.0 Å². The Morgan fingerprint density at radius 2 is 1.52 bits per heavy atom. The fourth-order valence-corrected chi connectivity index (χ4v) is 3.61. The number of para-hydroxylation sites is 2. The minimum Gasteiger partial charge on any atom is -0.333 e. The molecule has 0 radical (unpaired) electrons. The molecule has 0 spiro atoms. The van der Waals surface area contributed by atoms with Gasteiger partial charge in [-0.3, -0.25) is 9.59 Å². The average molecular weight is 402 g/mol. The van der Waals surface area contributed by atoms with Crippen LogP contribution in [-0.4, -0.2) is 21.8 Å². The molecule has 0 saturated heterocycles. The van der Waals surface area contributed by atoms with Crippen molar-refractivity contribution < 1.29 is 9.59 Å². The minimum atomic E-state index is -0.211. The first kappa shape index (κ1) is 18.8. The van der Waals surface area contributed by atoms with Gasteiger partial charge in [-0.2, -0.15) is 0 Å². The lowest BCUT2D eigenvalue weighted by atomic mass is 10.2. The maximum atomic E-state index is 12.4. The Balaban J connectivity index is 1.39. The van der Waals surface area contributed by atoms with Crippen molar-refractivity contribution in [2.24, 2.45) is 0 Å². The molecule has 7 heteroatoms. The van der Waals surface area contributed by atoms with E-state index in [-0.39, 0.29) is 11.8 Å². The number of amides is 2. The zero-order valence-electron chi connectivity index (χ0n) is 15.6. The second kappa shape index (κ2) is 8.20. The quantitative estimate of drug-likeness (QED) is 0.442. The predicted molar refractivity (Wildman–Crippen MR) is 115 cm³/mol. The Morgan fingerprint density at radius 3 is 2.21 bits per heavy atom. The van der Waals surface area contributed by atoms with Gasteiger partial charge >= 0.3 is 0 Å². The minimum absolute atomic E-state index is 0.150. The van der Waals surface area contributed by atoms with Crippen LogP contribution in [0.2, 0.25) is 0 Å². The van der Waals surface area contributed by atoms with Crippen LogP contribution in [0.25, 0.3) is 11.0 Å². The molecule has 144 valence electrons. The second-order valence-electron chi connectivity index (χ2n) is 6.40. The number of fused-ring (bicyclic) bond motifs is 1. The van der Waals surface area contributed by atoms with Crippen molar-refractivity contribution in [3.63, 3.8) is 0 Å². The molecule has 3 aromatic carbocycles. The molecule has 1 heterocycles. The van der Waals surface area contributed by atoms with Crippen LogP contribution in [0.1, 0.15) is 17.3 Å². The maximum absolute atomic E-state index is 12.4. The van der Waals surface area contributed by atoms with E-state index in [1.165, 1.54) is 18.7 Å². The van der Waals surface area contributed by atoms with Crippen LogP contribution >= 0.6 is 11.8 Å². The van der Waals surface area contributed by atoms with E-state index in [9.17, 15) is 9.59 Å². The molecular formula is C22H18N4O2S. The molecule has 0 aliphatic heterocycles. The van der Waals surface area contributed by atoms with Gasteiger partial charge in [0, 0.05) is 28.8 Å². The zero-order chi connectivity index (χ0) is 20.2. The Hall–Kier alpha value is -3.58. The fourth-order valence-electron chi connectivity index (χ4n) is 2.81. The molecule has 0 atom stereocenters. The number of hydrogen-bond acceptors (Lipinski definition) is 4. The van der Waals surface area contributed by atoms with Gasteiger partial charge in [0.1, 0.15) is 0 Å². The molecule has 0 aliphatic carbocycles. The number of H-pyrrole nitrogens is 1. The molecule has 3 N–H and O–H groups in total. The summed E-state index contributed by atoms with van der Waals surface area (Å²) in [5.41, 5.74) is 3.81. The highest BCUT2D eigenvalue weighted by Gasteiger charge is 2.08. The number of nitrogens with zero attached hydrogens (tertiary/aromatic N) is 1. The summed E-state index contributed by atoms with van der Waals surface area (Å²) in [5, 5.41) is 6.37. The average Bonchev–Trinajstić information content (AvgIpc) is 3.12. The highest BCUT2D eigenvalue weighted by atomic mass is 32.2. The third-order valence-electron chi connectivity index (χ3n) is 4.16. The number of anilines is 2. The monoisotopic (exact) mass is 402 g/mol. The normalized spacial score (nSPS) is 10.7. The molecule has 1 aromatic heterocycles. The van der Waals surface area contributed by atoms with E-state index in [0.717, 1.165) is 21.1 Å². The number of rotatable bonds is 5. The maximum Gasteiger partial charge on any atom is 0.255 e. The van der Waals surface area contributed by atoms with Crippen molar-refractivity contribution in [3.05, 3.63) is 78.4 Å². The molecule has 29 heavy (non-hydrogen) atoms. The smallest absolute Gasteiger partial charge is 0.255 e. The Labute approximate surface area is 171 Å². The van der Waals surface area contributed by atoms with Crippen LogP contribution in [0, 0.1) is 0 Å². The number of hydrogen-bond donors (Lipinski definition) is 3. The highest BCUT2D eigenvalue weighted by Crippen LogP contribution is 2.28. The second-order valence-corrected chi connectivity index (χ2v) is 7.46. The van der Waals surface area contributed by atoms with Gasteiger partial charge in [-0.05, 0) is 60.7 Å². The molecular weight excluding hydrogens is 384 g/mol. The molecule has 0 fully saturated rings. The summed E-state index contributed by atoms with van der Waals surface area (Å²) < 4.78 is 0. The van der Waals surface area contributed by atoms with E-state index in [0.29, 0.717) is 16.9 Å². The molecule has 2 amide bonds. The van der Waals surface area contributed by atoms with Gasteiger partial charge in [0.15, 0.2) is 5.16 Å².